The number of rotatable bonds is 3. The maximum atomic E-state index is 12.0. The summed E-state index contributed by atoms with van der Waals surface area (Å²) in [4.78, 5) is 15.2. The fourth-order valence-electron chi connectivity index (χ4n) is 2.14. The van der Waals surface area contributed by atoms with E-state index in [0.717, 1.165) is 16.5 Å². The van der Waals surface area contributed by atoms with E-state index in [4.69, 9.17) is 0 Å². The first-order valence-corrected chi connectivity index (χ1v) is 6.19. The Morgan fingerprint density at radius 1 is 1.32 bits per heavy atom. The van der Waals surface area contributed by atoms with Gasteiger partial charge in [0.15, 0.2) is 0 Å². The average Bonchev–Trinajstić information content (AvgIpc) is 3.01. The summed E-state index contributed by atoms with van der Waals surface area (Å²) in [5, 5.41) is 3.95. The van der Waals surface area contributed by atoms with E-state index in [9.17, 15) is 4.79 Å². The fraction of sp³-hybridized carbons (Fsp3) is 0.133. The predicted octanol–water partition coefficient (Wildman–Crippen LogP) is 2.44. The maximum absolute atomic E-state index is 12.0. The highest BCUT2D eigenvalue weighted by molar-refractivity contribution is 5.97. The van der Waals surface area contributed by atoms with Crippen LogP contribution < -0.4 is 5.32 Å². The molecule has 0 saturated heterocycles. The second-order valence-electron chi connectivity index (χ2n) is 4.64. The number of hydrogen-bond acceptors (Lipinski definition) is 1. The van der Waals surface area contributed by atoms with E-state index in [0.29, 0.717) is 12.2 Å². The zero-order valence-electron chi connectivity index (χ0n) is 10.7. The second kappa shape index (κ2) is 4.65. The van der Waals surface area contributed by atoms with Crippen molar-refractivity contribution in [1.29, 1.82) is 0 Å². The smallest absolute Gasteiger partial charge is 0.267 e. The molecule has 4 heteroatoms. The van der Waals surface area contributed by atoms with Gasteiger partial charge in [-0.1, -0.05) is 18.2 Å². The van der Waals surface area contributed by atoms with Crippen molar-refractivity contribution < 1.29 is 4.79 Å². The number of benzene rings is 1. The summed E-state index contributed by atoms with van der Waals surface area (Å²) >= 11 is 0. The molecule has 0 aliphatic rings. The normalized spacial score (nSPS) is 10.8. The molecule has 0 radical (unpaired) electrons. The van der Waals surface area contributed by atoms with Crippen molar-refractivity contribution in [2.75, 3.05) is 0 Å². The van der Waals surface area contributed by atoms with Crippen molar-refractivity contribution in [1.82, 2.24) is 14.9 Å². The van der Waals surface area contributed by atoms with Crippen molar-refractivity contribution in [3.8, 4) is 0 Å². The first-order valence-electron chi connectivity index (χ1n) is 6.19. The van der Waals surface area contributed by atoms with E-state index >= 15 is 0 Å². The summed E-state index contributed by atoms with van der Waals surface area (Å²) < 4.78 is 1.96. The Hall–Kier alpha value is -2.49. The Morgan fingerprint density at radius 3 is 2.89 bits per heavy atom. The Kier molecular flexibility index (Phi) is 2.83. The molecule has 19 heavy (non-hydrogen) atoms. The number of carbonyl (C=O) groups is 1. The summed E-state index contributed by atoms with van der Waals surface area (Å²) in [5.41, 5.74) is 2.66. The topological polar surface area (TPSA) is 49.8 Å². The SMILES string of the molecule is Cn1ccc(CNC(=O)c2cc3ccccc3[nH]2)c1. The minimum atomic E-state index is -0.0833. The molecule has 0 aliphatic carbocycles. The molecule has 1 aromatic carbocycles. The number of amides is 1. The van der Waals surface area contributed by atoms with Crippen LogP contribution in [-0.2, 0) is 13.6 Å². The minimum absolute atomic E-state index is 0.0833. The zero-order valence-corrected chi connectivity index (χ0v) is 10.7. The van der Waals surface area contributed by atoms with Gasteiger partial charge in [0.05, 0.1) is 0 Å². The lowest BCUT2D eigenvalue weighted by Gasteiger charge is -2.01. The molecule has 0 fully saturated rings. The van der Waals surface area contributed by atoms with Gasteiger partial charge in [0.2, 0.25) is 0 Å². The van der Waals surface area contributed by atoms with Crippen LogP contribution in [0.4, 0.5) is 0 Å². The van der Waals surface area contributed by atoms with E-state index in [1.54, 1.807) is 0 Å². The van der Waals surface area contributed by atoms with Crippen molar-refractivity contribution >= 4 is 16.8 Å². The summed E-state index contributed by atoms with van der Waals surface area (Å²) in [6.45, 7) is 0.537. The molecular formula is C15H15N3O. The molecule has 3 rings (SSSR count). The van der Waals surface area contributed by atoms with Crippen molar-refractivity contribution in [3.63, 3.8) is 0 Å². The van der Waals surface area contributed by atoms with E-state index in [2.05, 4.69) is 10.3 Å². The maximum Gasteiger partial charge on any atom is 0.267 e. The van der Waals surface area contributed by atoms with Crippen LogP contribution in [0.1, 0.15) is 16.1 Å². The van der Waals surface area contributed by atoms with Gasteiger partial charge in [-0.3, -0.25) is 4.79 Å². The number of nitrogens with zero attached hydrogens (tertiary/aromatic N) is 1. The van der Waals surface area contributed by atoms with Crippen LogP contribution in [-0.4, -0.2) is 15.5 Å². The third kappa shape index (κ3) is 2.38. The van der Waals surface area contributed by atoms with Gasteiger partial charge in [0.1, 0.15) is 5.69 Å². The lowest BCUT2D eigenvalue weighted by molar-refractivity contribution is 0.0947. The lowest BCUT2D eigenvalue weighted by atomic mass is 10.2. The highest BCUT2D eigenvalue weighted by Gasteiger charge is 2.08. The molecule has 1 amide bonds. The molecule has 0 aliphatic heterocycles. The van der Waals surface area contributed by atoms with E-state index in [1.807, 2.05) is 60.4 Å². The molecule has 3 aromatic rings. The van der Waals surface area contributed by atoms with Crippen LogP contribution in [0.5, 0.6) is 0 Å². The largest absolute Gasteiger partial charge is 0.357 e. The number of aromatic amines is 1. The standard InChI is InChI=1S/C15H15N3O/c1-18-7-6-11(10-18)9-16-15(19)14-8-12-4-2-3-5-13(12)17-14/h2-8,10,17H,9H2,1H3,(H,16,19). The monoisotopic (exact) mass is 253 g/mol. The van der Waals surface area contributed by atoms with Crippen molar-refractivity contribution in [2.45, 2.75) is 6.54 Å². The molecule has 0 bridgehead atoms. The van der Waals surface area contributed by atoms with Gasteiger partial charge in [-0.2, -0.15) is 0 Å². The molecule has 2 aromatic heterocycles. The van der Waals surface area contributed by atoms with Crippen LogP contribution in [0.25, 0.3) is 10.9 Å². The summed E-state index contributed by atoms with van der Waals surface area (Å²) in [7, 11) is 1.96. The first kappa shape index (κ1) is 11.6. The van der Waals surface area contributed by atoms with Gasteiger partial charge < -0.3 is 14.9 Å². The number of aryl methyl sites for hydroxylation is 1. The Bertz CT molecular complexity index is 691. The van der Waals surface area contributed by atoms with Crippen LogP contribution in [0, 0.1) is 0 Å². The van der Waals surface area contributed by atoms with Crippen molar-refractivity contribution in [2.24, 2.45) is 7.05 Å². The molecule has 0 atom stereocenters. The molecule has 96 valence electrons. The van der Waals surface area contributed by atoms with Crippen LogP contribution >= 0.6 is 0 Å². The number of fused-ring (bicyclic) bond motifs is 1. The number of aromatic nitrogens is 2. The Labute approximate surface area is 111 Å². The van der Waals surface area contributed by atoms with Gasteiger partial charge in [0.25, 0.3) is 5.91 Å². The lowest BCUT2D eigenvalue weighted by Crippen LogP contribution is -2.22. The van der Waals surface area contributed by atoms with Gasteiger partial charge in [-0.05, 0) is 23.8 Å². The van der Waals surface area contributed by atoms with Crippen LogP contribution in [0.15, 0.2) is 48.8 Å². The first-order chi connectivity index (χ1) is 9.22. The fourth-order valence-corrected chi connectivity index (χ4v) is 2.14. The predicted molar refractivity (Wildman–Crippen MR) is 74.9 cm³/mol. The second-order valence-corrected chi connectivity index (χ2v) is 4.64. The third-order valence-corrected chi connectivity index (χ3v) is 3.12. The average molecular weight is 253 g/mol. The highest BCUT2D eigenvalue weighted by atomic mass is 16.1. The van der Waals surface area contributed by atoms with E-state index in [-0.39, 0.29) is 5.91 Å². The van der Waals surface area contributed by atoms with Gasteiger partial charge in [-0.15, -0.1) is 0 Å². The van der Waals surface area contributed by atoms with E-state index < -0.39 is 0 Å². The number of hydrogen-bond donors (Lipinski definition) is 2. The zero-order chi connectivity index (χ0) is 13.2. The highest BCUT2D eigenvalue weighted by Crippen LogP contribution is 2.14. The number of nitrogens with one attached hydrogen (secondary N) is 2. The quantitative estimate of drug-likeness (QED) is 0.740. The van der Waals surface area contributed by atoms with Gasteiger partial charge in [-0.25, -0.2) is 0 Å². The summed E-state index contributed by atoms with van der Waals surface area (Å²) in [5.74, 6) is -0.0833. The molecule has 2 heterocycles. The van der Waals surface area contributed by atoms with Gasteiger partial charge >= 0.3 is 0 Å². The summed E-state index contributed by atoms with van der Waals surface area (Å²) in [6.07, 6.45) is 3.95. The minimum Gasteiger partial charge on any atom is -0.357 e. The number of H-pyrrole nitrogens is 1. The molecule has 0 spiro atoms. The third-order valence-electron chi connectivity index (χ3n) is 3.12. The molecular weight excluding hydrogens is 238 g/mol. The number of para-hydroxylation sites is 1. The molecule has 4 nitrogen and oxygen atoms in total. The van der Waals surface area contributed by atoms with Gasteiger partial charge in [0, 0.05) is 36.9 Å². The Balaban J connectivity index is 1.73. The Morgan fingerprint density at radius 2 is 2.16 bits per heavy atom. The molecule has 0 saturated carbocycles. The molecule has 2 N–H and O–H groups in total. The van der Waals surface area contributed by atoms with Crippen LogP contribution in [0.3, 0.4) is 0 Å². The number of carbonyl (C=O) groups excluding carboxylic acids is 1. The van der Waals surface area contributed by atoms with E-state index in [1.165, 1.54) is 0 Å². The molecule has 0 unspecified atom stereocenters. The van der Waals surface area contributed by atoms with Crippen LogP contribution in [0.2, 0.25) is 0 Å². The summed E-state index contributed by atoms with van der Waals surface area (Å²) in [6, 6.07) is 11.7. The van der Waals surface area contributed by atoms with Crippen molar-refractivity contribution in [3.05, 3.63) is 60.0 Å².